The molecule has 0 spiro atoms. The number of fused-ring (bicyclic) bond motifs is 1. The van der Waals surface area contributed by atoms with Gasteiger partial charge in [-0.3, -0.25) is 0 Å². The van der Waals surface area contributed by atoms with E-state index in [1.807, 2.05) is 13.0 Å². The molecule has 0 aromatic carbocycles. The molecule has 3 rings (SSSR count). The number of nitrogens with zero attached hydrogens (tertiary/aromatic N) is 2. The van der Waals surface area contributed by atoms with Gasteiger partial charge < -0.3 is 10.5 Å². The Morgan fingerprint density at radius 3 is 2.78 bits per heavy atom. The normalized spacial score (nSPS) is 16.8. The highest BCUT2D eigenvalue weighted by Gasteiger charge is 2.25. The topological polar surface area (TPSA) is 61.0 Å². The van der Waals surface area contributed by atoms with Gasteiger partial charge in [-0.15, -0.1) is 0 Å². The van der Waals surface area contributed by atoms with Crippen molar-refractivity contribution in [3.63, 3.8) is 0 Å². The number of nitrogens with two attached hydrogens (primary N) is 1. The summed E-state index contributed by atoms with van der Waals surface area (Å²) < 4.78 is 5.78. The van der Waals surface area contributed by atoms with Gasteiger partial charge in [0.2, 0.25) is 5.88 Å². The summed E-state index contributed by atoms with van der Waals surface area (Å²) in [5.41, 5.74) is 6.91. The quantitative estimate of drug-likeness (QED) is 0.865. The van der Waals surface area contributed by atoms with E-state index in [0.29, 0.717) is 17.1 Å². The van der Waals surface area contributed by atoms with Crippen molar-refractivity contribution in [2.45, 2.75) is 31.9 Å². The van der Waals surface area contributed by atoms with Crippen molar-refractivity contribution in [3.8, 4) is 5.88 Å². The summed E-state index contributed by atoms with van der Waals surface area (Å²) >= 11 is 5.95. The van der Waals surface area contributed by atoms with E-state index in [0.717, 1.165) is 29.2 Å². The van der Waals surface area contributed by atoms with Gasteiger partial charge >= 0.3 is 0 Å². The molecule has 94 valence electrons. The van der Waals surface area contributed by atoms with Crippen LogP contribution in [-0.4, -0.2) is 16.1 Å². The largest absolute Gasteiger partial charge is 0.474 e. The molecule has 0 saturated heterocycles. The molecule has 4 nitrogen and oxygen atoms in total. The van der Waals surface area contributed by atoms with Crippen LogP contribution < -0.4 is 10.5 Å². The molecule has 0 bridgehead atoms. The first-order valence-corrected chi connectivity index (χ1v) is 6.39. The van der Waals surface area contributed by atoms with Gasteiger partial charge in [0.05, 0.1) is 5.39 Å². The van der Waals surface area contributed by atoms with Crippen LogP contribution in [0.1, 0.15) is 31.4 Å². The Morgan fingerprint density at radius 2 is 2.11 bits per heavy atom. The van der Waals surface area contributed by atoms with Gasteiger partial charge in [-0.1, -0.05) is 11.6 Å². The zero-order valence-corrected chi connectivity index (χ0v) is 10.8. The van der Waals surface area contributed by atoms with E-state index in [-0.39, 0.29) is 6.04 Å². The number of pyridine rings is 2. The molecule has 1 saturated carbocycles. The van der Waals surface area contributed by atoms with Gasteiger partial charge in [-0.05, 0) is 36.8 Å². The number of ether oxygens (including phenoxy) is 1. The fraction of sp³-hybridized carbons (Fsp3) is 0.385. The summed E-state index contributed by atoms with van der Waals surface area (Å²) in [5.74, 6) is 0.626. The van der Waals surface area contributed by atoms with Gasteiger partial charge in [0.15, 0.2) is 0 Å². The number of aromatic nitrogens is 2. The summed E-state index contributed by atoms with van der Waals surface area (Å²) in [6, 6.07) is 1.71. The Balaban J connectivity index is 2.18. The summed E-state index contributed by atoms with van der Waals surface area (Å²) in [4.78, 5) is 8.45. The molecule has 1 fully saturated rings. The van der Waals surface area contributed by atoms with Crippen molar-refractivity contribution in [1.29, 1.82) is 0 Å². The lowest BCUT2D eigenvalue weighted by Crippen LogP contribution is -2.08. The molecule has 18 heavy (non-hydrogen) atoms. The SMILES string of the molecule is CC(N)c1cnc(OC2CC2)c2cnc(Cl)cc12. The Hall–Kier alpha value is -1.39. The van der Waals surface area contributed by atoms with Crippen molar-refractivity contribution in [1.82, 2.24) is 9.97 Å². The van der Waals surface area contributed by atoms with E-state index >= 15 is 0 Å². The van der Waals surface area contributed by atoms with Crippen LogP contribution in [0.4, 0.5) is 0 Å². The molecule has 2 aromatic rings. The van der Waals surface area contributed by atoms with E-state index in [2.05, 4.69) is 9.97 Å². The predicted molar refractivity (Wildman–Crippen MR) is 70.8 cm³/mol. The number of rotatable bonds is 3. The Morgan fingerprint density at radius 1 is 1.33 bits per heavy atom. The monoisotopic (exact) mass is 263 g/mol. The van der Waals surface area contributed by atoms with Crippen LogP contribution in [0.15, 0.2) is 18.5 Å². The van der Waals surface area contributed by atoms with Crippen molar-refractivity contribution in [3.05, 3.63) is 29.2 Å². The second-order valence-corrected chi connectivity index (χ2v) is 5.06. The van der Waals surface area contributed by atoms with Crippen LogP contribution in [-0.2, 0) is 0 Å². The van der Waals surface area contributed by atoms with Gasteiger partial charge in [0, 0.05) is 18.4 Å². The van der Waals surface area contributed by atoms with Crippen LogP contribution in [0.2, 0.25) is 5.15 Å². The lowest BCUT2D eigenvalue weighted by Gasteiger charge is -2.13. The minimum Gasteiger partial charge on any atom is -0.474 e. The van der Waals surface area contributed by atoms with E-state index in [1.54, 1.807) is 12.4 Å². The van der Waals surface area contributed by atoms with Crippen LogP contribution >= 0.6 is 11.6 Å². The third kappa shape index (κ3) is 2.13. The van der Waals surface area contributed by atoms with Gasteiger partial charge in [0.1, 0.15) is 11.3 Å². The number of halogens is 1. The van der Waals surface area contributed by atoms with E-state index in [1.165, 1.54) is 0 Å². The molecular formula is C13H14ClN3O. The average molecular weight is 264 g/mol. The molecule has 0 aliphatic heterocycles. The molecule has 2 N–H and O–H groups in total. The standard InChI is InChI=1S/C13H14ClN3O/c1-7(15)10-5-17-13(18-8-2-3-8)11-6-16-12(14)4-9(10)11/h4-8H,2-3,15H2,1H3. The van der Waals surface area contributed by atoms with Crippen molar-refractivity contribution in [2.75, 3.05) is 0 Å². The Labute approximate surface area is 110 Å². The van der Waals surface area contributed by atoms with E-state index in [4.69, 9.17) is 22.1 Å². The first-order chi connectivity index (χ1) is 8.65. The smallest absolute Gasteiger partial charge is 0.223 e. The highest BCUT2D eigenvalue weighted by Crippen LogP contribution is 2.33. The van der Waals surface area contributed by atoms with Crippen LogP contribution in [0.25, 0.3) is 10.8 Å². The highest BCUT2D eigenvalue weighted by molar-refractivity contribution is 6.30. The predicted octanol–water partition coefficient (Wildman–Crippen LogP) is 2.84. The van der Waals surface area contributed by atoms with Crippen LogP contribution in [0, 0.1) is 0 Å². The molecule has 2 heterocycles. The molecular weight excluding hydrogens is 250 g/mol. The number of hydrogen-bond acceptors (Lipinski definition) is 4. The summed E-state index contributed by atoms with van der Waals surface area (Å²) in [7, 11) is 0. The minimum absolute atomic E-state index is 0.103. The zero-order chi connectivity index (χ0) is 12.7. The average Bonchev–Trinajstić information content (AvgIpc) is 3.12. The molecule has 1 unspecified atom stereocenters. The Bertz CT molecular complexity index is 596. The second kappa shape index (κ2) is 4.37. The first-order valence-electron chi connectivity index (χ1n) is 6.01. The maximum Gasteiger partial charge on any atom is 0.223 e. The van der Waals surface area contributed by atoms with Crippen LogP contribution in [0.5, 0.6) is 5.88 Å². The van der Waals surface area contributed by atoms with Crippen LogP contribution in [0.3, 0.4) is 0 Å². The zero-order valence-electron chi connectivity index (χ0n) is 10.1. The fourth-order valence-electron chi connectivity index (χ4n) is 1.91. The second-order valence-electron chi connectivity index (χ2n) is 4.68. The Kier molecular flexibility index (Phi) is 2.84. The summed E-state index contributed by atoms with van der Waals surface area (Å²) in [6.07, 6.45) is 5.96. The lowest BCUT2D eigenvalue weighted by molar-refractivity contribution is 0.295. The molecule has 1 aliphatic carbocycles. The molecule has 2 aromatic heterocycles. The van der Waals surface area contributed by atoms with Crippen molar-refractivity contribution >= 4 is 22.4 Å². The molecule has 5 heteroatoms. The molecule has 0 radical (unpaired) electrons. The summed E-state index contributed by atoms with van der Waals surface area (Å²) in [5, 5.41) is 2.30. The van der Waals surface area contributed by atoms with Gasteiger partial charge in [-0.2, -0.15) is 0 Å². The molecule has 1 aliphatic rings. The molecule has 0 amide bonds. The van der Waals surface area contributed by atoms with Gasteiger partial charge in [-0.25, -0.2) is 9.97 Å². The molecule has 1 atom stereocenters. The summed E-state index contributed by atoms with van der Waals surface area (Å²) in [6.45, 7) is 1.92. The third-order valence-corrected chi connectivity index (χ3v) is 3.23. The van der Waals surface area contributed by atoms with Crippen molar-refractivity contribution in [2.24, 2.45) is 5.73 Å². The highest BCUT2D eigenvalue weighted by atomic mass is 35.5. The maximum absolute atomic E-state index is 5.95. The van der Waals surface area contributed by atoms with E-state index in [9.17, 15) is 0 Å². The third-order valence-electron chi connectivity index (χ3n) is 3.03. The fourth-order valence-corrected chi connectivity index (χ4v) is 2.06. The lowest BCUT2D eigenvalue weighted by atomic mass is 10.0. The number of hydrogen-bond donors (Lipinski definition) is 1. The van der Waals surface area contributed by atoms with Gasteiger partial charge in [0.25, 0.3) is 0 Å². The van der Waals surface area contributed by atoms with Crippen molar-refractivity contribution < 1.29 is 4.74 Å². The maximum atomic E-state index is 5.95. The minimum atomic E-state index is -0.103. The van der Waals surface area contributed by atoms with E-state index < -0.39 is 0 Å². The first kappa shape index (κ1) is 11.7.